The van der Waals surface area contributed by atoms with Crippen LogP contribution in [-0.2, 0) is 0 Å². The maximum absolute atomic E-state index is 9.59. The standard InChI is InChI=1S/C3H5Cl2NO/c1-3(5,2-4)6-7/h2H2,1H3. The third kappa shape index (κ3) is 2.83. The first kappa shape index (κ1) is 7.18. The molecule has 0 heterocycles. The van der Waals surface area contributed by atoms with Gasteiger partial charge in [-0.1, -0.05) is 11.6 Å². The van der Waals surface area contributed by atoms with Crippen molar-refractivity contribution in [3.8, 4) is 0 Å². The highest BCUT2D eigenvalue weighted by Crippen LogP contribution is 2.15. The zero-order valence-electron chi connectivity index (χ0n) is 3.82. The Morgan fingerprint density at radius 2 is 2.29 bits per heavy atom. The summed E-state index contributed by atoms with van der Waals surface area (Å²) in [5, 5.41) is 2.52. The second-order valence-electron chi connectivity index (χ2n) is 1.37. The van der Waals surface area contributed by atoms with Gasteiger partial charge in [0.05, 0.1) is 5.88 Å². The molecule has 0 amide bonds. The van der Waals surface area contributed by atoms with Gasteiger partial charge < -0.3 is 0 Å². The van der Waals surface area contributed by atoms with Gasteiger partial charge in [0.2, 0.25) is 0 Å². The minimum Gasteiger partial charge on any atom is -0.149 e. The van der Waals surface area contributed by atoms with Crippen molar-refractivity contribution in [1.29, 1.82) is 0 Å². The maximum atomic E-state index is 9.59. The first-order chi connectivity index (χ1) is 3.12. The van der Waals surface area contributed by atoms with E-state index in [4.69, 9.17) is 23.2 Å². The van der Waals surface area contributed by atoms with Gasteiger partial charge in [0.25, 0.3) is 0 Å². The molecule has 0 saturated carbocycles. The van der Waals surface area contributed by atoms with Crippen molar-refractivity contribution in [2.75, 3.05) is 5.88 Å². The predicted molar refractivity (Wildman–Crippen MR) is 30.8 cm³/mol. The van der Waals surface area contributed by atoms with Gasteiger partial charge in [-0.3, -0.25) is 0 Å². The van der Waals surface area contributed by atoms with E-state index in [1.165, 1.54) is 6.92 Å². The van der Waals surface area contributed by atoms with Crippen molar-refractivity contribution in [2.45, 2.75) is 11.9 Å². The van der Waals surface area contributed by atoms with Crippen molar-refractivity contribution < 1.29 is 0 Å². The van der Waals surface area contributed by atoms with Crippen LogP contribution in [0.5, 0.6) is 0 Å². The Kier molecular flexibility index (Phi) is 2.54. The Labute approximate surface area is 51.8 Å². The lowest BCUT2D eigenvalue weighted by Gasteiger charge is -2.04. The SMILES string of the molecule is CC(Cl)(CCl)N=O. The van der Waals surface area contributed by atoms with E-state index in [-0.39, 0.29) is 5.88 Å². The van der Waals surface area contributed by atoms with E-state index < -0.39 is 5.00 Å². The van der Waals surface area contributed by atoms with Gasteiger partial charge in [-0.25, -0.2) is 0 Å². The van der Waals surface area contributed by atoms with Crippen LogP contribution >= 0.6 is 23.2 Å². The topological polar surface area (TPSA) is 29.4 Å². The highest BCUT2D eigenvalue weighted by Gasteiger charge is 2.18. The summed E-state index contributed by atoms with van der Waals surface area (Å²) < 4.78 is 0. The molecule has 42 valence electrons. The van der Waals surface area contributed by atoms with Crippen LogP contribution in [0.25, 0.3) is 0 Å². The number of rotatable bonds is 2. The lowest BCUT2D eigenvalue weighted by molar-refractivity contribution is 0.746. The average molecular weight is 142 g/mol. The zero-order valence-corrected chi connectivity index (χ0v) is 5.33. The summed E-state index contributed by atoms with van der Waals surface area (Å²) >= 11 is 10.5. The number of hydrogen-bond acceptors (Lipinski definition) is 2. The van der Waals surface area contributed by atoms with Crippen molar-refractivity contribution in [3.63, 3.8) is 0 Å². The molecule has 0 rings (SSSR count). The van der Waals surface area contributed by atoms with Crippen molar-refractivity contribution in [3.05, 3.63) is 4.91 Å². The van der Waals surface area contributed by atoms with Gasteiger partial charge in [0.15, 0.2) is 5.00 Å². The quantitative estimate of drug-likeness (QED) is 0.329. The summed E-state index contributed by atoms with van der Waals surface area (Å²) in [6.45, 7) is 1.45. The van der Waals surface area contributed by atoms with Crippen LogP contribution in [-0.4, -0.2) is 10.9 Å². The average Bonchev–Trinajstić information content (AvgIpc) is 1.68. The Balaban J connectivity index is 3.58. The minimum atomic E-state index is -1.11. The molecule has 0 aliphatic heterocycles. The Hall–Kier alpha value is 0.180. The number of halogens is 2. The molecule has 0 aromatic heterocycles. The largest absolute Gasteiger partial charge is 0.186 e. The highest BCUT2D eigenvalue weighted by molar-refractivity contribution is 6.30. The smallest absolute Gasteiger partial charge is 0.149 e. The maximum Gasteiger partial charge on any atom is 0.186 e. The molecule has 4 heteroatoms. The van der Waals surface area contributed by atoms with Gasteiger partial charge in [-0.15, -0.1) is 16.5 Å². The second kappa shape index (κ2) is 2.48. The van der Waals surface area contributed by atoms with Crippen LogP contribution in [0.3, 0.4) is 0 Å². The third-order valence-corrected chi connectivity index (χ3v) is 1.29. The molecule has 0 aromatic carbocycles. The van der Waals surface area contributed by atoms with Gasteiger partial charge in [0.1, 0.15) is 0 Å². The van der Waals surface area contributed by atoms with Crippen LogP contribution in [0.15, 0.2) is 5.18 Å². The number of hydrogen-bond donors (Lipinski definition) is 0. The predicted octanol–water partition coefficient (Wildman–Crippen LogP) is 1.95. The van der Waals surface area contributed by atoms with E-state index in [1.807, 2.05) is 0 Å². The highest BCUT2D eigenvalue weighted by atomic mass is 35.5. The number of nitroso groups, excluding NO2 is 1. The molecule has 0 N–H and O–H groups in total. The fourth-order valence-corrected chi connectivity index (χ4v) is 0.0732. The molecule has 0 radical (unpaired) electrons. The molecule has 1 unspecified atom stereocenters. The summed E-state index contributed by atoms with van der Waals surface area (Å²) in [4.78, 5) is 8.48. The summed E-state index contributed by atoms with van der Waals surface area (Å²) in [6, 6.07) is 0. The molecule has 0 spiro atoms. The van der Waals surface area contributed by atoms with Crippen molar-refractivity contribution >= 4 is 23.2 Å². The molecule has 0 bridgehead atoms. The van der Waals surface area contributed by atoms with Gasteiger partial charge in [-0.05, 0) is 12.1 Å². The van der Waals surface area contributed by atoms with E-state index in [1.54, 1.807) is 0 Å². The molecule has 0 aliphatic rings. The Morgan fingerprint density at radius 3 is 2.29 bits per heavy atom. The lowest BCUT2D eigenvalue weighted by Crippen LogP contribution is -2.12. The molecule has 7 heavy (non-hydrogen) atoms. The van der Waals surface area contributed by atoms with Crippen LogP contribution in [0.1, 0.15) is 6.92 Å². The van der Waals surface area contributed by atoms with E-state index in [0.717, 1.165) is 0 Å². The molecular formula is C3H5Cl2NO. The van der Waals surface area contributed by atoms with Crippen LogP contribution in [0.4, 0.5) is 0 Å². The number of nitrogens with zero attached hydrogens (tertiary/aromatic N) is 1. The zero-order chi connectivity index (χ0) is 5.91. The lowest BCUT2D eigenvalue weighted by atomic mass is 10.4. The molecule has 2 nitrogen and oxygen atoms in total. The molecule has 1 atom stereocenters. The van der Waals surface area contributed by atoms with Gasteiger partial charge >= 0.3 is 0 Å². The minimum absolute atomic E-state index is 0.0536. The molecule has 0 saturated heterocycles. The molecule has 0 aromatic rings. The third-order valence-electron chi connectivity index (χ3n) is 0.434. The second-order valence-corrected chi connectivity index (χ2v) is 2.45. The van der Waals surface area contributed by atoms with Crippen LogP contribution < -0.4 is 0 Å². The first-order valence-electron chi connectivity index (χ1n) is 1.72. The molecular weight excluding hydrogens is 137 g/mol. The summed E-state index contributed by atoms with van der Waals surface area (Å²) in [7, 11) is 0. The van der Waals surface area contributed by atoms with Crippen molar-refractivity contribution in [1.82, 2.24) is 0 Å². The van der Waals surface area contributed by atoms with E-state index in [2.05, 4.69) is 5.18 Å². The summed E-state index contributed by atoms with van der Waals surface area (Å²) in [5.74, 6) is 0.0536. The van der Waals surface area contributed by atoms with E-state index in [9.17, 15) is 4.91 Å². The van der Waals surface area contributed by atoms with Gasteiger partial charge in [-0.2, -0.15) is 0 Å². The summed E-state index contributed by atoms with van der Waals surface area (Å²) in [5.41, 5.74) is 0. The normalized spacial score (nSPS) is 18.1. The fourth-order valence-electron chi connectivity index (χ4n) is 0.0244. The Bertz CT molecular complexity index is 73.3. The van der Waals surface area contributed by atoms with Crippen molar-refractivity contribution in [2.24, 2.45) is 5.18 Å². The molecule has 0 fully saturated rings. The molecule has 0 aliphatic carbocycles. The number of alkyl halides is 2. The van der Waals surface area contributed by atoms with Crippen LogP contribution in [0, 0.1) is 4.91 Å². The first-order valence-corrected chi connectivity index (χ1v) is 2.63. The summed E-state index contributed by atoms with van der Waals surface area (Å²) in [6.07, 6.45) is 0. The Morgan fingerprint density at radius 1 is 1.86 bits per heavy atom. The van der Waals surface area contributed by atoms with E-state index >= 15 is 0 Å². The monoisotopic (exact) mass is 141 g/mol. The van der Waals surface area contributed by atoms with Gasteiger partial charge in [0, 0.05) is 0 Å². The fraction of sp³-hybridized carbons (Fsp3) is 1.00. The van der Waals surface area contributed by atoms with E-state index in [0.29, 0.717) is 0 Å². The van der Waals surface area contributed by atoms with Crippen LogP contribution in [0.2, 0.25) is 0 Å².